The smallest absolute Gasteiger partial charge is 0.328 e. The zero-order valence-electron chi connectivity index (χ0n) is 18.8. The average Bonchev–Trinajstić information content (AvgIpc) is 2.59. The van der Waals surface area contributed by atoms with Gasteiger partial charge in [0.05, 0.1) is 0 Å². The standard InChI is InChI=1S/C20H37N3O7/c1-7-8-9-15(18(25)26)21-23(17(20(29)30)11-13(4)5)22(14(6)24)16(19(27)28)10-12(2)3/h12-13,15-17,21H,7-11H2,1-6H3,(H,25,26)(H,27,28)(H,29,30)/t15-,16-,17-/m0/s1. The summed E-state index contributed by atoms with van der Waals surface area (Å²) < 4.78 is 0. The Hall–Kier alpha value is -2.20. The number of aliphatic carboxylic acids is 3. The summed E-state index contributed by atoms with van der Waals surface area (Å²) in [4.78, 5) is 48.4. The van der Waals surface area contributed by atoms with Gasteiger partial charge in [0.25, 0.3) is 0 Å². The molecule has 0 saturated carbocycles. The molecule has 0 radical (unpaired) electrons. The molecule has 0 bridgehead atoms. The van der Waals surface area contributed by atoms with Gasteiger partial charge in [-0.15, -0.1) is 5.12 Å². The van der Waals surface area contributed by atoms with E-state index in [9.17, 15) is 34.5 Å². The third-order valence-electron chi connectivity index (χ3n) is 4.54. The van der Waals surface area contributed by atoms with Crippen LogP contribution in [0.3, 0.4) is 0 Å². The molecule has 10 heteroatoms. The van der Waals surface area contributed by atoms with Gasteiger partial charge in [0.2, 0.25) is 5.91 Å². The lowest BCUT2D eigenvalue weighted by Crippen LogP contribution is -2.67. The second kappa shape index (κ2) is 13.2. The third kappa shape index (κ3) is 9.08. The largest absolute Gasteiger partial charge is 0.480 e. The van der Waals surface area contributed by atoms with Crippen LogP contribution in [0.4, 0.5) is 0 Å². The van der Waals surface area contributed by atoms with Gasteiger partial charge >= 0.3 is 17.9 Å². The summed E-state index contributed by atoms with van der Waals surface area (Å²) in [5.41, 5.74) is 2.66. The highest BCUT2D eigenvalue weighted by Crippen LogP contribution is 2.21. The van der Waals surface area contributed by atoms with E-state index in [-0.39, 0.29) is 31.1 Å². The first-order chi connectivity index (χ1) is 13.8. The summed E-state index contributed by atoms with van der Waals surface area (Å²) in [6.45, 7) is 10.2. The first-order valence-electron chi connectivity index (χ1n) is 10.4. The molecule has 1 amide bonds. The molecule has 0 spiro atoms. The quantitative estimate of drug-likeness (QED) is 0.286. The fourth-order valence-corrected chi connectivity index (χ4v) is 3.14. The summed E-state index contributed by atoms with van der Waals surface area (Å²) in [6.07, 6.45) is 1.65. The van der Waals surface area contributed by atoms with Gasteiger partial charge in [0.1, 0.15) is 18.1 Å². The van der Waals surface area contributed by atoms with Crippen molar-refractivity contribution in [1.82, 2.24) is 15.6 Å². The summed E-state index contributed by atoms with van der Waals surface area (Å²) >= 11 is 0. The number of carboxylic acid groups (broad SMARTS) is 3. The molecule has 0 fully saturated rings. The van der Waals surface area contributed by atoms with Crippen molar-refractivity contribution in [2.24, 2.45) is 11.8 Å². The highest BCUT2D eigenvalue weighted by Gasteiger charge is 2.41. The van der Waals surface area contributed by atoms with E-state index in [1.54, 1.807) is 27.7 Å². The predicted octanol–water partition coefficient (Wildman–Crippen LogP) is 2.20. The molecule has 0 aromatic rings. The van der Waals surface area contributed by atoms with Crippen molar-refractivity contribution in [2.45, 2.75) is 91.8 Å². The second-order valence-electron chi connectivity index (χ2n) is 8.34. The Balaban J connectivity index is 6.39. The van der Waals surface area contributed by atoms with E-state index in [1.165, 1.54) is 0 Å². The number of carbonyl (C=O) groups excluding carboxylic acids is 1. The van der Waals surface area contributed by atoms with E-state index in [4.69, 9.17) is 0 Å². The number of carboxylic acids is 3. The van der Waals surface area contributed by atoms with E-state index >= 15 is 0 Å². The van der Waals surface area contributed by atoms with Gasteiger partial charge in [-0.05, 0) is 31.1 Å². The number of nitrogens with zero attached hydrogens (tertiary/aromatic N) is 2. The Bertz CT molecular complexity index is 595. The van der Waals surface area contributed by atoms with Crippen LogP contribution in [0.1, 0.15) is 73.6 Å². The highest BCUT2D eigenvalue weighted by atomic mass is 16.4. The minimum Gasteiger partial charge on any atom is -0.480 e. The van der Waals surface area contributed by atoms with Gasteiger partial charge in [0.15, 0.2) is 0 Å². The number of rotatable bonds is 15. The van der Waals surface area contributed by atoms with Gasteiger partial charge in [-0.2, -0.15) is 0 Å². The molecular formula is C20H37N3O7. The Morgan fingerprint density at radius 1 is 0.833 bits per heavy atom. The monoisotopic (exact) mass is 431 g/mol. The Labute approximate surface area is 178 Å². The molecular weight excluding hydrogens is 394 g/mol. The molecule has 0 unspecified atom stereocenters. The van der Waals surface area contributed by atoms with E-state index in [1.807, 2.05) is 6.92 Å². The number of nitrogens with one attached hydrogen (secondary N) is 1. The lowest BCUT2D eigenvalue weighted by Gasteiger charge is -2.43. The lowest BCUT2D eigenvalue weighted by molar-refractivity contribution is -0.194. The van der Waals surface area contributed by atoms with E-state index in [0.717, 1.165) is 23.5 Å². The molecule has 0 aromatic heterocycles. The number of hydrazine groups is 2. The van der Waals surface area contributed by atoms with Crippen LogP contribution < -0.4 is 5.43 Å². The number of amides is 1. The van der Waals surface area contributed by atoms with Crippen LogP contribution in [0, 0.1) is 11.8 Å². The van der Waals surface area contributed by atoms with Crippen molar-refractivity contribution in [2.75, 3.05) is 0 Å². The third-order valence-corrected chi connectivity index (χ3v) is 4.54. The Morgan fingerprint density at radius 2 is 1.30 bits per heavy atom. The second-order valence-corrected chi connectivity index (χ2v) is 8.34. The van der Waals surface area contributed by atoms with Gasteiger partial charge < -0.3 is 15.3 Å². The SMILES string of the molecule is CCCC[C@H](NN([C@@H](CC(C)C)C(=O)O)N(C(C)=O)[C@@H](CC(C)C)C(=O)O)C(=O)O. The van der Waals surface area contributed by atoms with E-state index in [2.05, 4.69) is 5.43 Å². The molecule has 174 valence electrons. The summed E-state index contributed by atoms with van der Waals surface area (Å²) in [6, 6.07) is -3.84. The van der Waals surface area contributed by atoms with E-state index < -0.39 is 41.9 Å². The first kappa shape index (κ1) is 27.8. The van der Waals surface area contributed by atoms with Crippen molar-refractivity contribution in [1.29, 1.82) is 0 Å². The van der Waals surface area contributed by atoms with Crippen LogP contribution in [0.15, 0.2) is 0 Å². The van der Waals surface area contributed by atoms with Crippen molar-refractivity contribution >= 4 is 23.8 Å². The molecule has 0 aliphatic heterocycles. The first-order valence-corrected chi connectivity index (χ1v) is 10.4. The van der Waals surface area contributed by atoms with Crippen molar-refractivity contribution in [3.63, 3.8) is 0 Å². The maximum atomic E-state index is 12.5. The summed E-state index contributed by atoms with van der Waals surface area (Å²) in [7, 11) is 0. The Morgan fingerprint density at radius 3 is 1.63 bits per heavy atom. The molecule has 0 heterocycles. The zero-order valence-corrected chi connectivity index (χ0v) is 18.8. The lowest BCUT2D eigenvalue weighted by atomic mass is 10.0. The minimum atomic E-state index is -1.34. The number of unbranched alkanes of at least 4 members (excludes halogenated alkanes) is 1. The van der Waals surface area contributed by atoms with Crippen molar-refractivity contribution in [3.05, 3.63) is 0 Å². The fraction of sp³-hybridized carbons (Fsp3) is 0.800. The normalized spacial score (nSPS) is 14.6. The van der Waals surface area contributed by atoms with Crippen molar-refractivity contribution < 1.29 is 34.5 Å². The molecule has 10 nitrogen and oxygen atoms in total. The van der Waals surface area contributed by atoms with Gasteiger partial charge in [0, 0.05) is 6.92 Å². The van der Waals surface area contributed by atoms with Crippen LogP contribution in [-0.4, -0.2) is 67.4 Å². The topological polar surface area (TPSA) is 147 Å². The van der Waals surface area contributed by atoms with Crippen LogP contribution in [0.2, 0.25) is 0 Å². The maximum absolute atomic E-state index is 12.5. The molecule has 0 aliphatic carbocycles. The number of hydrogen-bond acceptors (Lipinski definition) is 6. The molecule has 0 aromatic carbocycles. The molecule has 0 saturated heterocycles. The van der Waals surface area contributed by atoms with Crippen molar-refractivity contribution in [3.8, 4) is 0 Å². The van der Waals surface area contributed by atoms with Crippen LogP contribution in [0.5, 0.6) is 0 Å². The van der Waals surface area contributed by atoms with Crippen LogP contribution in [0.25, 0.3) is 0 Å². The minimum absolute atomic E-state index is 0.0772. The number of hydrogen-bond donors (Lipinski definition) is 4. The predicted molar refractivity (Wildman–Crippen MR) is 110 cm³/mol. The molecule has 4 N–H and O–H groups in total. The fourth-order valence-electron chi connectivity index (χ4n) is 3.14. The zero-order chi connectivity index (χ0) is 23.6. The molecule has 0 rings (SSSR count). The van der Waals surface area contributed by atoms with Crippen LogP contribution >= 0.6 is 0 Å². The molecule has 0 aliphatic rings. The highest BCUT2D eigenvalue weighted by molar-refractivity contribution is 5.83. The summed E-state index contributed by atoms with van der Waals surface area (Å²) in [5, 5.41) is 31.0. The van der Waals surface area contributed by atoms with Gasteiger partial charge in [-0.3, -0.25) is 14.4 Å². The number of carbonyl (C=O) groups is 4. The maximum Gasteiger partial charge on any atom is 0.328 e. The molecule has 30 heavy (non-hydrogen) atoms. The van der Waals surface area contributed by atoms with Gasteiger partial charge in [-0.1, -0.05) is 47.5 Å². The molecule has 3 atom stereocenters. The average molecular weight is 432 g/mol. The van der Waals surface area contributed by atoms with E-state index in [0.29, 0.717) is 6.42 Å². The van der Waals surface area contributed by atoms with Crippen LogP contribution in [-0.2, 0) is 19.2 Å². The Kier molecular flexibility index (Phi) is 12.2. The summed E-state index contributed by atoms with van der Waals surface area (Å²) in [5.74, 6) is -4.67. The van der Waals surface area contributed by atoms with Gasteiger partial charge in [-0.25, -0.2) is 15.2 Å².